The van der Waals surface area contributed by atoms with Gasteiger partial charge < -0.3 is 24.3 Å². The molecule has 0 atom stereocenters. The lowest BCUT2D eigenvalue weighted by atomic mass is 10.2. The molecule has 1 aromatic heterocycles. The highest BCUT2D eigenvalue weighted by Crippen LogP contribution is 2.31. The average Bonchev–Trinajstić information content (AvgIpc) is 3.12. The van der Waals surface area contributed by atoms with Gasteiger partial charge in [0.15, 0.2) is 0 Å². The maximum absolute atomic E-state index is 12.2. The summed E-state index contributed by atoms with van der Waals surface area (Å²) >= 11 is 0. The van der Waals surface area contributed by atoms with Crippen molar-refractivity contribution in [2.45, 2.75) is 6.92 Å². The number of nitrogens with zero attached hydrogens (tertiary/aromatic N) is 2. The standard InChI is InChI=1S/C18H23N3O3/c1-3-24-17-12-15(21-9-7-20(2)8-10-21)4-5-16(17)19-18(22)14-6-11-23-13-14/h4-6,11-13H,3,7-10H2,1-2H3,(H,19,22). The molecule has 1 fully saturated rings. The summed E-state index contributed by atoms with van der Waals surface area (Å²) in [5.41, 5.74) is 2.27. The van der Waals surface area contributed by atoms with Gasteiger partial charge in [0.1, 0.15) is 12.0 Å². The molecule has 2 heterocycles. The van der Waals surface area contributed by atoms with E-state index >= 15 is 0 Å². The Morgan fingerprint density at radius 3 is 2.71 bits per heavy atom. The van der Waals surface area contributed by atoms with Crippen molar-refractivity contribution < 1.29 is 13.9 Å². The Morgan fingerprint density at radius 2 is 2.04 bits per heavy atom. The largest absolute Gasteiger partial charge is 0.492 e. The molecule has 1 aliphatic heterocycles. The van der Waals surface area contributed by atoms with Gasteiger partial charge in [0.2, 0.25) is 0 Å². The van der Waals surface area contributed by atoms with Crippen LogP contribution >= 0.6 is 0 Å². The number of hydrogen-bond donors (Lipinski definition) is 1. The Morgan fingerprint density at radius 1 is 1.25 bits per heavy atom. The summed E-state index contributed by atoms with van der Waals surface area (Å²) in [4.78, 5) is 16.9. The highest BCUT2D eigenvalue weighted by Gasteiger charge is 2.17. The highest BCUT2D eigenvalue weighted by atomic mass is 16.5. The molecule has 0 spiro atoms. The fraction of sp³-hybridized carbons (Fsp3) is 0.389. The number of furan rings is 1. The third-order valence-corrected chi connectivity index (χ3v) is 4.17. The Hall–Kier alpha value is -2.47. The van der Waals surface area contributed by atoms with Gasteiger partial charge in [-0.15, -0.1) is 0 Å². The first-order valence-electron chi connectivity index (χ1n) is 8.21. The van der Waals surface area contributed by atoms with Crippen LogP contribution in [0, 0.1) is 0 Å². The maximum Gasteiger partial charge on any atom is 0.259 e. The number of amides is 1. The average molecular weight is 329 g/mol. The second-order valence-electron chi connectivity index (χ2n) is 5.87. The SMILES string of the molecule is CCOc1cc(N2CCN(C)CC2)ccc1NC(=O)c1ccoc1. The van der Waals surface area contributed by atoms with Crippen molar-refractivity contribution in [1.29, 1.82) is 0 Å². The summed E-state index contributed by atoms with van der Waals surface area (Å²) < 4.78 is 10.7. The number of benzene rings is 1. The van der Waals surface area contributed by atoms with Crippen LogP contribution in [0.2, 0.25) is 0 Å². The topological polar surface area (TPSA) is 58.0 Å². The first-order valence-corrected chi connectivity index (χ1v) is 8.21. The minimum atomic E-state index is -0.211. The van der Waals surface area contributed by atoms with E-state index in [1.165, 1.54) is 12.5 Å². The van der Waals surface area contributed by atoms with E-state index in [1.807, 2.05) is 25.1 Å². The smallest absolute Gasteiger partial charge is 0.259 e. The molecule has 0 aliphatic carbocycles. The van der Waals surface area contributed by atoms with Crippen LogP contribution in [-0.4, -0.2) is 50.6 Å². The van der Waals surface area contributed by atoms with Gasteiger partial charge >= 0.3 is 0 Å². The van der Waals surface area contributed by atoms with Crippen LogP contribution < -0.4 is 15.0 Å². The fourth-order valence-corrected chi connectivity index (χ4v) is 2.74. The van der Waals surface area contributed by atoms with E-state index in [4.69, 9.17) is 9.15 Å². The normalized spacial score (nSPS) is 15.3. The van der Waals surface area contributed by atoms with Gasteiger partial charge in [-0.1, -0.05) is 0 Å². The third-order valence-electron chi connectivity index (χ3n) is 4.17. The highest BCUT2D eigenvalue weighted by molar-refractivity contribution is 6.04. The zero-order valence-corrected chi connectivity index (χ0v) is 14.1. The van der Waals surface area contributed by atoms with E-state index in [0.717, 1.165) is 31.9 Å². The predicted octanol–water partition coefficient (Wildman–Crippen LogP) is 2.68. The van der Waals surface area contributed by atoms with Crippen LogP contribution in [0.15, 0.2) is 41.2 Å². The minimum Gasteiger partial charge on any atom is -0.492 e. The summed E-state index contributed by atoms with van der Waals surface area (Å²) in [6.07, 6.45) is 2.91. The van der Waals surface area contributed by atoms with Crippen LogP contribution in [-0.2, 0) is 0 Å². The van der Waals surface area contributed by atoms with Crippen molar-refractivity contribution >= 4 is 17.3 Å². The number of anilines is 2. The molecule has 2 aromatic rings. The molecule has 6 heteroatoms. The monoisotopic (exact) mass is 329 g/mol. The van der Waals surface area contributed by atoms with Crippen molar-refractivity contribution in [2.24, 2.45) is 0 Å². The molecule has 6 nitrogen and oxygen atoms in total. The zero-order chi connectivity index (χ0) is 16.9. The van der Waals surface area contributed by atoms with Gasteiger partial charge in [0.05, 0.1) is 24.1 Å². The lowest BCUT2D eigenvalue weighted by Crippen LogP contribution is -2.44. The van der Waals surface area contributed by atoms with Crippen molar-refractivity contribution in [2.75, 3.05) is 50.1 Å². The Labute approximate surface area is 142 Å². The van der Waals surface area contributed by atoms with Gasteiger partial charge in [0, 0.05) is 37.9 Å². The van der Waals surface area contributed by atoms with Gasteiger partial charge in [-0.05, 0) is 32.2 Å². The van der Waals surface area contributed by atoms with E-state index in [1.54, 1.807) is 6.07 Å². The quantitative estimate of drug-likeness (QED) is 0.914. The second-order valence-corrected chi connectivity index (χ2v) is 5.87. The Bertz CT molecular complexity index is 677. The Kier molecular flexibility index (Phi) is 5.05. The molecule has 1 saturated heterocycles. The second kappa shape index (κ2) is 7.40. The van der Waals surface area contributed by atoms with E-state index in [0.29, 0.717) is 23.6 Å². The summed E-state index contributed by atoms with van der Waals surface area (Å²) in [5, 5.41) is 2.88. The molecule has 3 rings (SSSR count). The van der Waals surface area contributed by atoms with Crippen molar-refractivity contribution in [3.63, 3.8) is 0 Å². The van der Waals surface area contributed by atoms with Crippen LogP contribution in [0.1, 0.15) is 17.3 Å². The number of piperazine rings is 1. The van der Waals surface area contributed by atoms with Gasteiger partial charge in [-0.25, -0.2) is 0 Å². The van der Waals surface area contributed by atoms with Crippen LogP contribution in [0.25, 0.3) is 0 Å². The summed E-state index contributed by atoms with van der Waals surface area (Å²) in [6, 6.07) is 7.56. The van der Waals surface area contributed by atoms with Gasteiger partial charge in [0.25, 0.3) is 5.91 Å². The molecule has 0 unspecified atom stereocenters. The van der Waals surface area contributed by atoms with Crippen LogP contribution in [0.4, 0.5) is 11.4 Å². The number of likely N-dealkylation sites (N-methyl/N-ethyl adjacent to an activating group) is 1. The maximum atomic E-state index is 12.2. The number of nitrogens with one attached hydrogen (secondary N) is 1. The van der Waals surface area contributed by atoms with Crippen molar-refractivity contribution in [1.82, 2.24) is 4.90 Å². The van der Waals surface area contributed by atoms with E-state index in [-0.39, 0.29) is 5.91 Å². The molecular formula is C18H23N3O3. The van der Waals surface area contributed by atoms with Crippen LogP contribution in [0.3, 0.4) is 0 Å². The Balaban J connectivity index is 1.78. The van der Waals surface area contributed by atoms with Gasteiger partial charge in [-0.2, -0.15) is 0 Å². The predicted molar refractivity (Wildman–Crippen MR) is 94.0 cm³/mol. The third kappa shape index (κ3) is 3.71. The zero-order valence-electron chi connectivity index (χ0n) is 14.1. The summed E-state index contributed by atoms with van der Waals surface area (Å²) in [5.74, 6) is 0.475. The molecule has 0 bridgehead atoms. The summed E-state index contributed by atoms with van der Waals surface area (Å²) in [6.45, 7) is 6.54. The van der Waals surface area contributed by atoms with E-state index < -0.39 is 0 Å². The molecule has 128 valence electrons. The molecule has 1 aliphatic rings. The molecule has 0 saturated carbocycles. The molecular weight excluding hydrogens is 306 g/mol. The molecule has 24 heavy (non-hydrogen) atoms. The van der Waals surface area contributed by atoms with E-state index in [2.05, 4.69) is 22.2 Å². The number of rotatable bonds is 5. The van der Waals surface area contributed by atoms with E-state index in [9.17, 15) is 4.79 Å². The molecule has 1 amide bonds. The number of carbonyl (C=O) groups excluding carboxylic acids is 1. The molecule has 1 aromatic carbocycles. The first-order chi connectivity index (χ1) is 11.7. The van der Waals surface area contributed by atoms with Crippen molar-refractivity contribution in [3.05, 3.63) is 42.4 Å². The summed E-state index contributed by atoms with van der Waals surface area (Å²) in [7, 11) is 2.14. The van der Waals surface area contributed by atoms with Crippen molar-refractivity contribution in [3.8, 4) is 5.75 Å². The molecule has 0 radical (unpaired) electrons. The fourth-order valence-electron chi connectivity index (χ4n) is 2.74. The molecule has 1 N–H and O–H groups in total. The number of ether oxygens (including phenoxy) is 1. The lowest BCUT2D eigenvalue weighted by Gasteiger charge is -2.34. The van der Waals surface area contributed by atoms with Gasteiger partial charge in [-0.3, -0.25) is 4.79 Å². The number of hydrogen-bond acceptors (Lipinski definition) is 5. The van der Waals surface area contributed by atoms with Crippen LogP contribution in [0.5, 0.6) is 5.75 Å². The first kappa shape index (κ1) is 16.4. The lowest BCUT2D eigenvalue weighted by molar-refractivity contribution is 0.102. The minimum absolute atomic E-state index is 0.211. The number of carbonyl (C=O) groups is 1.